The highest BCUT2D eigenvalue weighted by atomic mass is 32.2. The quantitative estimate of drug-likeness (QED) is 0.539. The number of methoxy groups -OCH3 is 1. The smallest absolute Gasteiger partial charge is 0.234 e. The average Bonchev–Trinajstić information content (AvgIpc) is 3.00. The van der Waals surface area contributed by atoms with Crippen molar-refractivity contribution in [3.05, 3.63) is 24.3 Å². The van der Waals surface area contributed by atoms with Crippen molar-refractivity contribution < 1.29 is 14.3 Å². The molecule has 0 bridgehead atoms. The molecule has 0 spiro atoms. The molecule has 25 heavy (non-hydrogen) atoms. The number of carbonyl (C=O) groups excluding carboxylic acids is 2. The van der Waals surface area contributed by atoms with Crippen molar-refractivity contribution in [3.8, 4) is 5.75 Å². The summed E-state index contributed by atoms with van der Waals surface area (Å²) in [5, 5.41) is 13.8. The monoisotopic (exact) mass is 380 g/mol. The van der Waals surface area contributed by atoms with Crippen LogP contribution in [0.5, 0.6) is 5.75 Å². The summed E-state index contributed by atoms with van der Waals surface area (Å²) >= 11 is 2.53. The van der Waals surface area contributed by atoms with E-state index in [0.717, 1.165) is 5.75 Å². The van der Waals surface area contributed by atoms with Gasteiger partial charge in [-0.15, -0.1) is 10.2 Å². The van der Waals surface area contributed by atoms with Gasteiger partial charge in [-0.25, -0.2) is 0 Å². The van der Waals surface area contributed by atoms with Crippen LogP contribution in [0.3, 0.4) is 0 Å². The lowest BCUT2D eigenvalue weighted by Crippen LogP contribution is -2.13. The molecule has 1 heterocycles. The molecule has 0 aliphatic heterocycles. The molecule has 2 amide bonds. The van der Waals surface area contributed by atoms with E-state index in [1.165, 1.54) is 23.1 Å². The number of benzene rings is 1. The van der Waals surface area contributed by atoms with Crippen LogP contribution < -0.4 is 15.4 Å². The molecule has 0 radical (unpaired) electrons. The lowest BCUT2D eigenvalue weighted by Gasteiger charge is -2.05. The summed E-state index contributed by atoms with van der Waals surface area (Å²) in [7, 11) is 1.59. The third-order valence-electron chi connectivity index (χ3n) is 2.95. The van der Waals surface area contributed by atoms with Gasteiger partial charge in [-0.2, -0.15) is 0 Å². The van der Waals surface area contributed by atoms with Gasteiger partial charge < -0.3 is 15.4 Å². The highest BCUT2D eigenvalue weighted by molar-refractivity contribution is 8.01. The van der Waals surface area contributed by atoms with E-state index in [1.54, 1.807) is 31.4 Å². The Hall–Kier alpha value is -2.13. The van der Waals surface area contributed by atoms with Crippen LogP contribution in [-0.2, 0) is 9.59 Å². The summed E-state index contributed by atoms with van der Waals surface area (Å²) in [5.74, 6) is 0.994. The van der Waals surface area contributed by atoms with Gasteiger partial charge in [0, 0.05) is 12.1 Å². The van der Waals surface area contributed by atoms with E-state index in [2.05, 4.69) is 20.8 Å². The Balaban J connectivity index is 1.78. The third kappa shape index (κ3) is 6.71. The van der Waals surface area contributed by atoms with Crippen LogP contribution in [0.1, 0.15) is 20.3 Å². The number of amides is 2. The number of anilines is 2. The Labute approximate surface area is 154 Å². The van der Waals surface area contributed by atoms with Crippen LogP contribution in [0.4, 0.5) is 10.8 Å². The molecule has 134 valence electrons. The first-order chi connectivity index (χ1) is 12.0. The number of ether oxygens (including phenoxy) is 1. The van der Waals surface area contributed by atoms with Crippen molar-refractivity contribution >= 4 is 45.7 Å². The minimum Gasteiger partial charge on any atom is -0.497 e. The lowest BCUT2D eigenvalue weighted by atomic mass is 10.1. The SMILES string of the molecule is COc1ccc(NC(=O)CSc2nnc(NC(=O)CC(C)C)s2)cc1. The number of hydrogen-bond acceptors (Lipinski definition) is 7. The Morgan fingerprint density at radius 3 is 2.52 bits per heavy atom. The number of thioether (sulfide) groups is 1. The Kier molecular flexibility index (Phi) is 7.20. The molecule has 0 aliphatic carbocycles. The first-order valence-corrected chi connectivity index (χ1v) is 9.46. The number of carbonyl (C=O) groups is 2. The second-order valence-corrected chi connectivity index (χ2v) is 7.78. The first kappa shape index (κ1) is 19.2. The number of hydrogen-bond donors (Lipinski definition) is 2. The molecule has 2 rings (SSSR count). The van der Waals surface area contributed by atoms with Crippen LogP contribution in [0.15, 0.2) is 28.6 Å². The number of nitrogens with zero attached hydrogens (tertiary/aromatic N) is 2. The van der Waals surface area contributed by atoms with Crippen LogP contribution >= 0.6 is 23.1 Å². The molecule has 9 heteroatoms. The van der Waals surface area contributed by atoms with Gasteiger partial charge >= 0.3 is 0 Å². The topological polar surface area (TPSA) is 93.2 Å². The van der Waals surface area contributed by atoms with E-state index in [1.807, 2.05) is 13.8 Å². The second kappa shape index (κ2) is 9.38. The predicted molar refractivity (Wildman–Crippen MR) is 100 cm³/mol. The largest absolute Gasteiger partial charge is 0.497 e. The summed E-state index contributed by atoms with van der Waals surface area (Å²) in [6, 6.07) is 7.10. The van der Waals surface area contributed by atoms with E-state index < -0.39 is 0 Å². The summed E-state index contributed by atoms with van der Waals surface area (Å²) in [4.78, 5) is 23.7. The molecule has 0 saturated heterocycles. The van der Waals surface area contributed by atoms with Crippen LogP contribution in [0.2, 0.25) is 0 Å². The zero-order chi connectivity index (χ0) is 18.2. The molecule has 2 aromatic rings. The molecular formula is C16H20N4O3S2. The number of rotatable bonds is 8. The zero-order valence-electron chi connectivity index (χ0n) is 14.2. The van der Waals surface area contributed by atoms with Crippen molar-refractivity contribution in [2.45, 2.75) is 24.6 Å². The van der Waals surface area contributed by atoms with Crippen molar-refractivity contribution in [1.82, 2.24) is 10.2 Å². The number of aromatic nitrogens is 2. The zero-order valence-corrected chi connectivity index (χ0v) is 15.9. The van der Waals surface area contributed by atoms with E-state index >= 15 is 0 Å². The molecule has 7 nitrogen and oxygen atoms in total. The third-order valence-corrected chi connectivity index (χ3v) is 4.92. The molecule has 0 fully saturated rings. The lowest BCUT2D eigenvalue weighted by molar-refractivity contribution is -0.117. The van der Waals surface area contributed by atoms with Crippen molar-refractivity contribution in [2.75, 3.05) is 23.5 Å². The molecule has 1 aromatic carbocycles. The van der Waals surface area contributed by atoms with Gasteiger partial charge in [0.1, 0.15) is 5.75 Å². The molecule has 2 N–H and O–H groups in total. The maximum atomic E-state index is 12.0. The molecular weight excluding hydrogens is 360 g/mol. The van der Waals surface area contributed by atoms with Gasteiger partial charge in [0.2, 0.25) is 16.9 Å². The summed E-state index contributed by atoms with van der Waals surface area (Å²) in [5.41, 5.74) is 0.699. The van der Waals surface area contributed by atoms with Gasteiger partial charge in [-0.1, -0.05) is 36.9 Å². The van der Waals surface area contributed by atoms with Crippen molar-refractivity contribution in [2.24, 2.45) is 5.92 Å². The molecule has 0 saturated carbocycles. The summed E-state index contributed by atoms with van der Waals surface area (Å²) in [6.07, 6.45) is 0.437. The fraction of sp³-hybridized carbons (Fsp3) is 0.375. The van der Waals surface area contributed by atoms with Crippen molar-refractivity contribution in [3.63, 3.8) is 0 Å². The Bertz CT molecular complexity index is 716. The molecule has 1 aromatic heterocycles. The van der Waals surface area contributed by atoms with Gasteiger partial charge in [0.15, 0.2) is 4.34 Å². The van der Waals surface area contributed by atoms with E-state index in [4.69, 9.17) is 4.74 Å². The fourth-order valence-corrected chi connectivity index (χ4v) is 3.43. The summed E-state index contributed by atoms with van der Waals surface area (Å²) < 4.78 is 5.70. The fourth-order valence-electron chi connectivity index (χ4n) is 1.86. The average molecular weight is 380 g/mol. The van der Waals surface area contributed by atoms with Crippen LogP contribution in [0.25, 0.3) is 0 Å². The number of nitrogens with one attached hydrogen (secondary N) is 2. The standard InChI is InChI=1S/C16H20N4O3S2/c1-10(2)8-13(21)18-15-19-20-16(25-15)24-9-14(22)17-11-4-6-12(23-3)7-5-11/h4-7,10H,8-9H2,1-3H3,(H,17,22)(H,18,19,21). The van der Waals surface area contributed by atoms with Crippen molar-refractivity contribution in [1.29, 1.82) is 0 Å². The molecule has 0 unspecified atom stereocenters. The van der Waals surface area contributed by atoms with E-state index in [0.29, 0.717) is 21.6 Å². The van der Waals surface area contributed by atoms with Crippen LogP contribution in [-0.4, -0.2) is 34.9 Å². The molecule has 0 atom stereocenters. The predicted octanol–water partition coefficient (Wildman–Crippen LogP) is 3.26. The van der Waals surface area contributed by atoms with Gasteiger partial charge in [-0.3, -0.25) is 9.59 Å². The normalized spacial score (nSPS) is 10.6. The molecule has 0 aliphatic rings. The minimum absolute atomic E-state index is 0.0834. The maximum absolute atomic E-state index is 12.0. The summed E-state index contributed by atoms with van der Waals surface area (Å²) in [6.45, 7) is 3.95. The Morgan fingerprint density at radius 1 is 1.16 bits per heavy atom. The van der Waals surface area contributed by atoms with Gasteiger partial charge in [0.25, 0.3) is 0 Å². The maximum Gasteiger partial charge on any atom is 0.234 e. The highest BCUT2D eigenvalue weighted by Gasteiger charge is 2.11. The van der Waals surface area contributed by atoms with Gasteiger partial charge in [0.05, 0.1) is 12.9 Å². The van der Waals surface area contributed by atoms with Gasteiger partial charge in [-0.05, 0) is 30.2 Å². The second-order valence-electron chi connectivity index (χ2n) is 5.58. The Morgan fingerprint density at radius 2 is 1.88 bits per heavy atom. The van der Waals surface area contributed by atoms with E-state index in [-0.39, 0.29) is 23.5 Å². The van der Waals surface area contributed by atoms with Crippen LogP contribution in [0, 0.1) is 5.92 Å². The highest BCUT2D eigenvalue weighted by Crippen LogP contribution is 2.26. The van der Waals surface area contributed by atoms with E-state index in [9.17, 15) is 9.59 Å². The first-order valence-electron chi connectivity index (χ1n) is 7.66. The minimum atomic E-state index is -0.143.